The Labute approximate surface area is 173 Å². The van der Waals surface area contributed by atoms with E-state index in [1.807, 2.05) is 31.2 Å². The molecule has 6 heteroatoms. The maximum absolute atomic E-state index is 8.24. The summed E-state index contributed by atoms with van der Waals surface area (Å²) in [6.07, 6.45) is 0.931. The number of hydrogen-bond acceptors (Lipinski definition) is 5. The lowest BCUT2D eigenvalue weighted by Gasteiger charge is -2.08. The van der Waals surface area contributed by atoms with Gasteiger partial charge < -0.3 is 20.0 Å². The first-order chi connectivity index (χ1) is 13.9. The zero-order chi connectivity index (χ0) is 21.4. The van der Waals surface area contributed by atoms with Crippen molar-refractivity contribution in [2.24, 2.45) is 5.92 Å². The van der Waals surface area contributed by atoms with Crippen LogP contribution in [0.4, 0.5) is 5.69 Å². The number of nitrogens with zero attached hydrogens (tertiary/aromatic N) is 2. The lowest BCUT2D eigenvalue weighted by atomic mass is 10.1. The summed E-state index contributed by atoms with van der Waals surface area (Å²) in [5.41, 5.74) is 10.1. The van der Waals surface area contributed by atoms with Crippen LogP contribution in [0.5, 0.6) is 0 Å². The van der Waals surface area contributed by atoms with E-state index in [0.29, 0.717) is 30.4 Å². The molecule has 29 heavy (non-hydrogen) atoms. The van der Waals surface area contributed by atoms with Crippen molar-refractivity contribution in [2.75, 3.05) is 39.1 Å². The Morgan fingerprint density at radius 1 is 1.24 bits per heavy atom. The van der Waals surface area contributed by atoms with Crippen LogP contribution in [0.15, 0.2) is 34.7 Å². The molecule has 0 fully saturated rings. The topological polar surface area (TPSA) is 84.5 Å². The molecule has 0 saturated carbocycles. The Morgan fingerprint density at radius 2 is 2.00 bits per heavy atom. The van der Waals surface area contributed by atoms with Crippen LogP contribution in [0.2, 0.25) is 0 Å². The van der Waals surface area contributed by atoms with Crippen LogP contribution in [-0.4, -0.2) is 43.5 Å². The Hall–Kier alpha value is -2.44. The first-order valence-electron chi connectivity index (χ1n) is 10.2. The minimum Gasteiger partial charge on any atom is -0.452 e. The highest BCUT2D eigenvalue weighted by molar-refractivity contribution is 5.80. The third-order valence-electron chi connectivity index (χ3n) is 4.77. The minimum atomic E-state index is 0.331. The van der Waals surface area contributed by atoms with Crippen molar-refractivity contribution < 1.29 is 14.3 Å². The summed E-state index contributed by atoms with van der Waals surface area (Å²) in [7, 11) is 1.71. The van der Waals surface area contributed by atoms with Crippen molar-refractivity contribution in [3.63, 3.8) is 0 Å². The van der Waals surface area contributed by atoms with Gasteiger partial charge >= 0.3 is 0 Å². The molecule has 0 amide bonds. The Kier molecular flexibility index (Phi) is 8.61. The number of aliphatic hydroxyl groups excluding tert-OH is 1. The summed E-state index contributed by atoms with van der Waals surface area (Å²) in [5.74, 6) is 1.41. The number of rotatable bonds is 6. The second kappa shape index (κ2) is 10.9. The number of nitrogen functional groups attached to an aromatic ring is 1. The number of benzene rings is 2. The smallest absolute Gasteiger partial charge is 0.203 e. The molecular formula is C23H34N3O3+. The molecule has 0 radical (unpaired) electrons. The summed E-state index contributed by atoms with van der Waals surface area (Å²) in [5, 5.41) is 9.34. The fourth-order valence-electron chi connectivity index (χ4n) is 2.91. The lowest BCUT2D eigenvalue weighted by molar-refractivity contribution is 0.194. The van der Waals surface area contributed by atoms with Crippen molar-refractivity contribution in [3.05, 3.63) is 41.3 Å². The van der Waals surface area contributed by atoms with Gasteiger partial charge in [0.15, 0.2) is 17.9 Å². The van der Waals surface area contributed by atoms with Crippen LogP contribution in [0.1, 0.15) is 32.8 Å². The van der Waals surface area contributed by atoms with Crippen molar-refractivity contribution in [1.82, 2.24) is 9.56 Å². The number of likely N-dealkylation sites (N-methyl/N-ethyl adjacent to an activating group) is 1. The average Bonchev–Trinajstić information content (AvgIpc) is 2.68. The van der Waals surface area contributed by atoms with Gasteiger partial charge in [-0.1, -0.05) is 13.8 Å². The number of nitrogens with two attached hydrogens (primary N) is 1. The quantitative estimate of drug-likeness (QED) is 0.377. The normalized spacial score (nSPS) is 12.2. The van der Waals surface area contributed by atoms with Crippen LogP contribution in [0, 0.1) is 12.8 Å². The molecule has 0 aromatic heterocycles. The van der Waals surface area contributed by atoms with E-state index in [1.54, 1.807) is 7.11 Å². The van der Waals surface area contributed by atoms with Crippen LogP contribution in [0.3, 0.4) is 0 Å². The molecule has 0 saturated heterocycles. The minimum absolute atomic E-state index is 0.331. The summed E-state index contributed by atoms with van der Waals surface area (Å²) < 4.78 is 13.4. The monoisotopic (exact) mass is 400 g/mol. The molecule has 1 aliphatic heterocycles. The number of ether oxygens (including phenoxy) is 1. The van der Waals surface area contributed by atoms with E-state index in [4.69, 9.17) is 20.0 Å². The van der Waals surface area contributed by atoms with Gasteiger partial charge in [-0.3, -0.25) is 0 Å². The SMILES string of the molecule is CC(C)CCO.CC[N+](CCOC)=c1ccc2nc3cc(C)c(N)cc3oc-2c1. The van der Waals surface area contributed by atoms with Crippen molar-refractivity contribution >= 4 is 16.8 Å². The first kappa shape index (κ1) is 22.8. The number of methoxy groups -OCH3 is 1. The van der Waals surface area contributed by atoms with E-state index in [9.17, 15) is 0 Å². The molecule has 1 aliphatic carbocycles. The summed E-state index contributed by atoms with van der Waals surface area (Å²) in [4.78, 5) is 4.68. The largest absolute Gasteiger partial charge is 0.452 e. The molecule has 2 aliphatic rings. The second-order valence-corrected chi connectivity index (χ2v) is 7.52. The average molecular weight is 401 g/mol. The van der Waals surface area contributed by atoms with E-state index in [2.05, 4.69) is 36.4 Å². The second-order valence-electron chi connectivity index (χ2n) is 7.52. The molecule has 0 unspecified atom stereocenters. The third-order valence-corrected chi connectivity index (χ3v) is 4.77. The third kappa shape index (κ3) is 6.27. The van der Waals surface area contributed by atoms with E-state index in [0.717, 1.165) is 47.4 Å². The zero-order valence-corrected chi connectivity index (χ0v) is 18.2. The van der Waals surface area contributed by atoms with Gasteiger partial charge in [0, 0.05) is 31.5 Å². The van der Waals surface area contributed by atoms with Crippen molar-refractivity contribution in [3.8, 4) is 11.5 Å². The molecule has 3 N–H and O–H groups in total. The Balaban J connectivity index is 0.000000438. The maximum Gasteiger partial charge on any atom is 0.203 e. The highest BCUT2D eigenvalue weighted by atomic mass is 16.5. The summed E-state index contributed by atoms with van der Waals surface area (Å²) >= 11 is 0. The zero-order valence-electron chi connectivity index (χ0n) is 18.2. The molecule has 0 bridgehead atoms. The van der Waals surface area contributed by atoms with Gasteiger partial charge in [0.2, 0.25) is 5.36 Å². The first-order valence-corrected chi connectivity index (χ1v) is 10.2. The van der Waals surface area contributed by atoms with E-state index in [1.165, 1.54) is 0 Å². The molecule has 1 heterocycles. The molecule has 6 nitrogen and oxygen atoms in total. The van der Waals surface area contributed by atoms with E-state index < -0.39 is 0 Å². The van der Waals surface area contributed by atoms with Gasteiger partial charge in [-0.2, -0.15) is 0 Å². The van der Waals surface area contributed by atoms with E-state index in [-0.39, 0.29) is 0 Å². The standard InChI is InChI=1S/C18H21N3O2.C5H12O/c1-4-21(7-8-22-3)13-5-6-15-17(10-13)23-18-11-14(19)12(2)9-16(18)20-15;1-5(2)3-4-6/h5-6,9-11,19H,4,7-8H2,1-3H3;5-6H,3-4H2,1-2H3/p+1. The van der Waals surface area contributed by atoms with Crippen LogP contribution >= 0.6 is 0 Å². The molecule has 158 valence electrons. The number of anilines is 1. The molecule has 1 aromatic rings. The maximum atomic E-state index is 8.24. The molecule has 0 spiro atoms. The fraction of sp³-hybridized carbons (Fsp3) is 0.478. The van der Waals surface area contributed by atoms with Gasteiger partial charge in [0.25, 0.3) is 0 Å². The van der Waals surface area contributed by atoms with Crippen LogP contribution < -0.4 is 15.7 Å². The Morgan fingerprint density at radius 3 is 2.59 bits per heavy atom. The number of aliphatic hydroxyl groups is 1. The highest BCUT2D eigenvalue weighted by Gasteiger charge is 2.12. The number of aromatic nitrogens is 1. The summed E-state index contributed by atoms with van der Waals surface area (Å²) in [6, 6.07) is 9.89. The predicted octanol–water partition coefficient (Wildman–Crippen LogP) is 3.29. The van der Waals surface area contributed by atoms with Crippen molar-refractivity contribution in [2.45, 2.75) is 34.1 Å². The molecular weight excluding hydrogens is 366 g/mol. The number of aryl methyl sites for hydroxylation is 1. The molecule has 3 rings (SSSR count). The van der Waals surface area contributed by atoms with E-state index >= 15 is 0 Å². The van der Waals surface area contributed by atoms with Crippen molar-refractivity contribution in [1.29, 1.82) is 0 Å². The van der Waals surface area contributed by atoms with Gasteiger partial charge in [-0.05, 0) is 43.9 Å². The number of hydrogen-bond donors (Lipinski definition) is 2. The molecule has 0 atom stereocenters. The Bertz CT molecular complexity index is 963. The van der Waals surface area contributed by atoms with Gasteiger partial charge in [0.05, 0.1) is 6.07 Å². The lowest BCUT2D eigenvalue weighted by Crippen LogP contribution is -2.32. The highest BCUT2D eigenvalue weighted by Crippen LogP contribution is 2.26. The van der Waals surface area contributed by atoms with Crippen LogP contribution in [-0.2, 0) is 4.74 Å². The molecule has 1 aromatic carbocycles. The van der Waals surface area contributed by atoms with Crippen LogP contribution in [0.25, 0.3) is 22.6 Å². The van der Waals surface area contributed by atoms with Gasteiger partial charge in [-0.25, -0.2) is 9.56 Å². The van der Waals surface area contributed by atoms with Gasteiger partial charge in [-0.15, -0.1) is 0 Å². The predicted molar refractivity (Wildman–Crippen MR) is 119 cm³/mol. The number of fused-ring (bicyclic) bond motifs is 2. The van der Waals surface area contributed by atoms with Gasteiger partial charge in [0.1, 0.15) is 24.4 Å². The summed E-state index contributed by atoms with van der Waals surface area (Å²) in [6.45, 7) is 11.0. The fourth-order valence-corrected chi connectivity index (χ4v) is 2.91.